The van der Waals surface area contributed by atoms with Crippen molar-refractivity contribution >= 4 is 11.7 Å². The van der Waals surface area contributed by atoms with Crippen LogP contribution in [0.1, 0.15) is 38.9 Å². The number of para-hydroxylation sites is 1. The zero-order valence-corrected chi connectivity index (χ0v) is 14.1. The van der Waals surface area contributed by atoms with E-state index < -0.39 is 6.10 Å². The van der Waals surface area contributed by atoms with Gasteiger partial charge < -0.3 is 20.1 Å². The number of carbonyl (C=O) groups excluding carboxylic acids is 2. The van der Waals surface area contributed by atoms with Crippen molar-refractivity contribution in [1.29, 1.82) is 0 Å². The highest BCUT2D eigenvalue weighted by Crippen LogP contribution is 2.22. The molecule has 1 aromatic heterocycles. The number of aromatic amines is 1. The fourth-order valence-corrected chi connectivity index (χ4v) is 2.30. The van der Waals surface area contributed by atoms with Crippen molar-refractivity contribution in [2.24, 2.45) is 0 Å². The molecular weight excluding hydrogens is 308 g/mol. The van der Waals surface area contributed by atoms with Gasteiger partial charge in [-0.2, -0.15) is 0 Å². The molecule has 3 N–H and O–H groups in total. The van der Waals surface area contributed by atoms with Crippen molar-refractivity contribution in [2.45, 2.75) is 26.9 Å². The first-order valence-electron chi connectivity index (χ1n) is 7.73. The molecule has 0 aliphatic rings. The molecule has 0 saturated heterocycles. The maximum absolute atomic E-state index is 12.0. The lowest BCUT2D eigenvalue weighted by molar-refractivity contribution is 0.0838. The summed E-state index contributed by atoms with van der Waals surface area (Å²) < 4.78 is 5.65. The average molecular weight is 330 g/mol. The third-order valence-corrected chi connectivity index (χ3v) is 3.66. The van der Waals surface area contributed by atoms with Gasteiger partial charge in [0.2, 0.25) is 0 Å². The second kappa shape index (κ2) is 7.79. The molecule has 0 spiro atoms. The molecule has 1 aromatic carbocycles. The number of rotatable bonds is 7. The van der Waals surface area contributed by atoms with Crippen LogP contribution in [0, 0.1) is 13.8 Å². The zero-order chi connectivity index (χ0) is 17.7. The molecule has 128 valence electrons. The van der Waals surface area contributed by atoms with Gasteiger partial charge in [-0.15, -0.1) is 0 Å². The first kappa shape index (κ1) is 17.7. The zero-order valence-electron chi connectivity index (χ0n) is 14.1. The van der Waals surface area contributed by atoms with Crippen LogP contribution in [-0.2, 0) is 0 Å². The number of carbonyl (C=O) groups is 2. The Kier molecular flexibility index (Phi) is 5.76. The van der Waals surface area contributed by atoms with Crippen molar-refractivity contribution in [2.75, 3.05) is 13.2 Å². The van der Waals surface area contributed by atoms with Crippen LogP contribution in [0.15, 0.2) is 30.5 Å². The highest BCUT2D eigenvalue weighted by molar-refractivity contribution is 5.99. The van der Waals surface area contributed by atoms with Gasteiger partial charge in [0.15, 0.2) is 5.78 Å². The van der Waals surface area contributed by atoms with E-state index in [4.69, 9.17) is 4.74 Å². The quantitative estimate of drug-likeness (QED) is 0.677. The van der Waals surface area contributed by atoms with E-state index in [2.05, 4.69) is 10.3 Å². The maximum Gasteiger partial charge on any atom is 0.267 e. The smallest absolute Gasteiger partial charge is 0.267 e. The number of aromatic nitrogens is 1. The lowest BCUT2D eigenvalue weighted by atomic mass is 10.1. The molecule has 6 heteroatoms. The monoisotopic (exact) mass is 330 g/mol. The third-order valence-electron chi connectivity index (χ3n) is 3.66. The Morgan fingerprint density at radius 1 is 1.29 bits per heavy atom. The molecule has 0 aliphatic carbocycles. The minimum Gasteiger partial charge on any atom is -0.490 e. The lowest BCUT2D eigenvalue weighted by Crippen LogP contribution is -2.35. The first-order chi connectivity index (χ1) is 11.4. The van der Waals surface area contributed by atoms with Crippen molar-refractivity contribution in [1.82, 2.24) is 10.3 Å². The van der Waals surface area contributed by atoms with Crippen LogP contribution in [0.5, 0.6) is 5.75 Å². The highest BCUT2D eigenvalue weighted by Gasteiger charge is 2.13. The third kappa shape index (κ3) is 4.45. The summed E-state index contributed by atoms with van der Waals surface area (Å²) in [6.45, 7) is 5.44. The summed E-state index contributed by atoms with van der Waals surface area (Å²) in [6.07, 6.45) is 0.646. The van der Waals surface area contributed by atoms with Crippen molar-refractivity contribution in [3.8, 4) is 5.75 Å². The summed E-state index contributed by atoms with van der Waals surface area (Å²) in [5.41, 5.74) is 2.71. The van der Waals surface area contributed by atoms with Crippen LogP contribution in [0.3, 0.4) is 0 Å². The molecule has 0 bridgehead atoms. The Morgan fingerprint density at radius 2 is 1.96 bits per heavy atom. The Labute approximate surface area is 140 Å². The molecule has 1 amide bonds. The maximum atomic E-state index is 12.0. The van der Waals surface area contributed by atoms with Gasteiger partial charge in [0.05, 0.1) is 0 Å². The van der Waals surface area contributed by atoms with Gasteiger partial charge in [-0.3, -0.25) is 9.59 Å². The number of Topliss-reactive ketones (excluding diaryl/α,β-unsaturated/α-hetero) is 1. The van der Waals surface area contributed by atoms with Gasteiger partial charge in [-0.05, 0) is 38.0 Å². The van der Waals surface area contributed by atoms with Crippen LogP contribution in [0.25, 0.3) is 0 Å². The second-order valence-electron chi connectivity index (χ2n) is 5.75. The molecule has 2 aromatic rings. The van der Waals surface area contributed by atoms with E-state index in [0.29, 0.717) is 5.56 Å². The molecular formula is C18H22N2O4. The number of hydrogen-bond donors (Lipinski definition) is 3. The van der Waals surface area contributed by atoms with Crippen LogP contribution in [-0.4, -0.2) is 41.0 Å². The molecule has 24 heavy (non-hydrogen) atoms. The van der Waals surface area contributed by atoms with Gasteiger partial charge in [0.25, 0.3) is 5.91 Å². The fourth-order valence-electron chi connectivity index (χ4n) is 2.30. The average Bonchev–Trinajstić information content (AvgIpc) is 3.02. The van der Waals surface area contributed by atoms with Crippen molar-refractivity contribution in [3.05, 3.63) is 52.8 Å². The first-order valence-corrected chi connectivity index (χ1v) is 7.73. The Hall–Kier alpha value is -2.60. The van der Waals surface area contributed by atoms with Gasteiger partial charge in [-0.1, -0.05) is 18.2 Å². The number of aryl methyl sites for hydroxylation is 2. The number of nitrogens with one attached hydrogen (secondary N) is 2. The summed E-state index contributed by atoms with van der Waals surface area (Å²) >= 11 is 0. The largest absolute Gasteiger partial charge is 0.490 e. The second-order valence-corrected chi connectivity index (χ2v) is 5.75. The van der Waals surface area contributed by atoms with Gasteiger partial charge in [-0.25, -0.2) is 0 Å². The molecule has 1 atom stereocenters. The predicted octanol–water partition coefficient (Wildman–Crippen LogP) is 2.00. The number of aliphatic hydroxyl groups is 1. The minimum atomic E-state index is -0.838. The number of amides is 1. The fraction of sp³-hybridized carbons (Fsp3) is 0.333. The molecule has 0 radical (unpaired) electrons. The summed E-state index contributed by atoms with van der Waals surface area (Å²) in [5.74, 6) is 0.249. The SMILES string of the molecule is CC(=O)c1c[nH]c(C(=O)NCC(O)COc2c(C)cccc2C)c1. The molecule has 2 rings (SSSR count). The molecule has 1 unspecified atom stereocenters. The Morgan fingerprint density at radius 3 is 2.54 bits per heavy atom. The number of ether oxygens (including phenoxy) is 1. The molecule has 0 aliphatic heterocycles. The highest BCUT2D eigenvalue weighted by atomic mass is 16.5. The summed E-state index contributed by atoms with van der Waals surface area (Å²) in [7, 11) is 0. The molecule has 0 fully saturated rings. The Balaban J connectivity index is 1.83. The molecule has 0 saturated carbocycles. The van der Waals surface area contributed by atoms with E-state index in [0.717, 1.165) is 16.9 Å². The van der Waals surface area contributed by atoms with Crippen LogP contribution in [0.2, 0.25) is 0 Å². The topological polar surface area (TPSA) is 91.4 Å². The van der Waals surface area contributed by atoms with E-state index in [9.17, 15) is 14.7 Å². The van der Waals surface area contributed by atoms with E-state index in [1.807, 2.05) is 32.0 Å². The lowest BCUT2D eigenvalue weighted by Gasteiger charge is -2.16. The predicted molar refractivity (Wildman–Crippen MR) is 90.5 cm³/mol. The number of aliphatic hydroxyl groups excluding tert-OH is 1. The van der Waals surface area contributed by atoms with Crippen LogP contribution >= 0.6 is 0 Å². The van der Waals surface area contributed by atoms with Crippen molar-refractivity contribution in [3.63, 3.8) is 0 Å². The summed E-state index contributed by atoms with van der Waals surface area (Å²) in [4.78, 5) is 25.9. The number of H-pyrrole nitrogens is 1. The van der Waals surface area contributed by atoms with Crippen LogP contribution in [0.4, 0.5) is 0 Å². The number of ketones is 1. The van der Waals surface area contributed by atoms with Gasteiger partial charge in [0.1, 0.15) is 24.2 Å². The normalized spacial score (nSPS) is 11.8. The van der Waals surface area contributed by atoms with E-state index in [-0.39, 0.29) is 30.5 Å². The Bertz CT molecular complexity index is 716. The van der Waals surface area contributed by atoms with Crippen molar-refractivity contribution < 1.29 is 19.4 Å². The molecule has 6 nitrogen and oxygen atoms in total. The van der Waals surface area contributed by atoms with E-state index in [1.165, 1.54) is 19.2 Å². The van der Waals surface area contributed by atoms with Gasteiger partial charge in [0, 0.05) is 18.3 Å². The van der Waals surface area contributed by atoms with E-state index in [1.54, 1.807) is 0 Å². The summed E-state index contributed by atoms with van der Waals surface area (Å²) in [5, 5.41) is 12.6. The molecule has 1 heterocycles. The standard InChI is InChI=1S/C18H22N2O4/c1-11-5-4-6-12(2)17(11)24-10-15(22)9-20-18(23)16-7-14(8-19-16)13(3)21/h4-8,15,19,22H,9-10H2,1-3H3,(H,20,23). The number of benzene rings is 1. The van der Waals surface area contributed by atoms with E-state index >= 15 is 0 Å². The minimum absolute atomic E-state index is 0.0538. The summed E-state index contributed by atoms with van der Waals surface area (Å²) in [6, 6.07) is 7.31. The van der Waals surface area contributed by atoms with Crippen LogP contribution < -0.4 is 10.1 Å². The van der Waals surface area contributed by atoms with Gasteiger partial charge >= 0.3 is 0 Å². The number of hydrogen-bond acceptors (Lipinski definition) is 4.